The molecule has 6 nitrogen and oxygen atoms in total. The summed E-state index contributed by atoms with van der Waals surface area (Å²) in [6.45, 7) is 5.71. The van der Waals surface area contributed by atoms with Crippen LogP contribution in [0.3, 0.4) is 0 Å². The van der Waals surface area contributed by atoms with Gasteiger partial charge in [0.1, 0.15) is 12.1 Å². The molecule has 1 aliphatic carbocycles. The summed E-state index contributed by atoms with van der Waals surface area (Å²) in [6, 6.07) is 4.76. The Morgan fingerprint density at radius 3 is 2.82 bits per heavy atom. The van der Waals surface area contributed by atoms with Crippen LogP contribution in [-0.4, -0.2) is 45.5 Å². The Kier molecular flexibility index (Phi) is 3.70. The topological polar surface area (TPSA) is 58.3 Å². The molecule has 0 atom stereocenters. The van der Waals surface area contributed by atoms with E-state index >= 15 is 0 Å². The van der Waals surface area contributed by atoms with Crippen LogP contribution in [0.25, 0.3) is 5.65 Å². The molecular formula is C16H24N6. The summed E-state index contributed by atoms with van der Waals surface area (Å²) in [5.74, 6) is 2.70. The first-order chi connectivity index (χ1) is 10.8. The molecule has 0 spiro atoms. The maximum Gasteiger partial charge on any atom is 0.177 e. The number of hydrogen-bond acceptors (Lipinski definition) is 5. The molecule has 0 radical (unpaired) electrons. The van der Waals surface area contributed by atoms with Crippen molar-refractivity contribution in [1.82, 2.24) is 25.1 Å². The van der Waals surface area contributed by atoms with E-state index in [0.717, 1.165) is 49.0 Å². The summed E-state index contributed by atoms with van der Waals surface area (Å²) in [6.07, 6.45) is 7.13. The first-order valence-corrected chi connectivity index (χ1v) is 8.43. The number of anilines is 1. The molecule has 6 heteroatoms. The molecule has 1 saturated carbocycles. The predicted octanol–water partition coefficient (Wildman–Crippen LogP) is 1.73. The third kappa shape index (κ3) is 2.79. The van der Waals surface area contributed by atoms with Crippen molar-refractivity contribution in [3.63, 3.8) is 0 Å². The second-order valence-corrected chi connectivity index (χ2v) is 6.96. The highest BCUT2D eigenvalue weighted by atomic mass is 15.4. The minimum absolute atomic E-state index is 0.747. The minimum atomic E-state index is 0.747. The van der Waals surface area contributed by atoms with E-state index < -0.39 is 0 Å². The lowest BCUT2D eigenvalue weighted by Crippen LogP contribution is -2.52. The Hall–Kier alpha value is -1.69. The highest BCUT2D eigenvalue weighted by Gasteiger charge is 2.29. The average Bonchev–Trinajstić information content (AvgIpc) is 2.95. The van der Waals surface area contributed by atoms with Gasteiger partial charge in [-0.25, -0.2) is 0 Å². The van der Waals surface area contributed by atoms with Gasteiger partial charge in [0.05, 0.1) is 0 Å². The van der Waals surface area contributed by atoms with Gasteiger partial charge in [0.15, 0.2) is 5.65 Å². The van der Waals surface area contributed by atoms with Crippen LogP contribution in [0.4, 0.5) is 5.82 Å². The van der Waals surface area contributed by atoms with E-state index in [1.807, 2.05) is 12.1 Å². The quantitative estimate of drug-likeness (QED) is 0.932. The van der Waals surface area contributed by atoms with Gasteiger partial charge < -0.3 is 10.2 Å². The van der Waals surface area contributed by atoms with Crippen LogP contribution >= 0.6 is 0 Å². The molecule has 0 unspecified atom stereocenters. The van der Waals surface area contributed by atoms with Crippen LogP contribution in [-0.2, 0) is 0 Å². The van der Waals surface area contributed by atoms with Gasteiger partial charge in [0.25, 0.3) is 0 Å². The van der Waals surface area contributed by atoms with E-state index in [9.17, 15) is 0 Å². The zero-order chi connectivity index (χ0) is 14.9. The molecule has 0 bridgehead atoms. The Morgan fingerprint density at radius 1 is 1.18 bits per heavy atom. The largest absolute Gasteiger partial charge is 0.354 e. The van der Waals surface area contributed by atoms with Crippen molar-refractivity contribution in [2.75, 3.05) is 24.5 Å². The molecule has 2 aromatic rings. The van der Waals surface area contributed by atoms with E-state index in [1.54, 1.807) is 10.8 Å². The van der Waals surface area contributed by atoms with Crippen LogP contribution in [0, 0.1) is 11.8 Å². The number of nitrogens with one attached hydrogen (secondary N) is 1. The van der Waals surface area contributed by atoms with Crippen LogP contribution in [0.2, 0.25) is 0 Å². The molecule has 2 fully saturated rings. The molecule has 1 N–H and O–H groups in total. The minimum Gasteiger partial charge on any atom is -0.354 e. The average molecular weight is 300 g/mol. The lowest BCUT2D eigenvalue weighted by Gasteiger charge is -2.41. The van der Waals surface area contributed by atoms with Crippen molar-refractivity contribution in [3.05, 3.63) is 18.5 Å². The number of rotatable bonds is 4. The summed E-state index contributed by atoms with van der Waals surface area (Å²) in [7, 11) is 0. The van der Waals surface area contributed by atoms with Gasteiger partial charge in [-0.2, -0.15) is 4.52 Å². The van der Waals surface area contributed by atoms with E-state index in [4.69, 9.17) is 0 Å². The van der Waals surface area contributed by atoms with Crippen LogP contribution in [0.5, 0.6) is 0 Å². The second-order valence-electron chi connectivity index (χ2n) is 6.96. The highest BCUT2D eigenvalue weighted by molar-refractivity contribution is 5.46. The zero-order valence-corrected chi connectivity index (χ0v) is 13.1. The van der Waals surface area contributed by atoms with Crippen LogP contribution < -0.4 is 10.2 Å². The molecule has 0 amide bonds. The fourth-order valence-electron chi connectivity index (χ4n) is 3.57. The van der Waals surface area contributed by atoms with Crippen molar-refractivity contribution < 1.29 is 0 Å². The third-order valence-corrected chi connectivity index (χ3v) is 5.14. The number of hydrogen-bond donors (Lipinski definition) is 1. The van der Waals surface area contributed by atoms with E-state index in [1.165, 1.54) is 25.7 Å². The molecule has 118 valence electrons. The number of nitrogens with zero attached hydrogens (tertiary/aromatic N) is 5. The smallest absolute Gasteiger partial charge is 0.177 e. The van der Waals surface area contributed by atoms with Crippen molar-refractivity contribution >= 4 is 11.5 Å². The maximum atomic E-state index is 4.55. The van der Waals surface area contributed by atoms with Gasteiger partial charge >= 0.3 is 0 Å². The summed E-state index contributed by atoms with van der Waals surface area (Å²) in [5, 5.41) is 16.2. The van der Waals surface area contributed by atoms with Gasteiger partial charge in [0.2, 0.25) is 0 Å². The van der Waals surface area contributed by atoms with Gasteiger partial charge in [0, 0.05) is 31.6 Å². The van der Waals surface area contributed by atoms with Crippen LogP contribution in [0.15, 0.2) is 18.5 Å². The van der Waals surface area contributed by atoms with Crippen molar-refractivity contribution in [1.29, 1.82) is 0 Å². The summed E-state index contributed by atoms with van der Waals surface area (Å²) >= 11 is 0. The second kappa shape index (κ2) is 5.83. The Labute approximate surface area is 130 Å². The Bertz CT molecular complexity index is 624. The van der Waals surface area contributed by atoms with Gasteiger partial charge in [-0.1, -0.05) is 6.92 Å². The van der Waals surface area contributed by atoms with Gasteiger partial charge in [-0.3, -0.25) is 0 Å². The lowest BCUT2D eigenvalue weighted by atomic mass is 9.87. The van der Waals surface area contributed by atoms with E-state index in [0.29, 0.717) is 0 Å². The normalized spacial score (nSPS) is 26.3. The fourth-order valence-corrected chi connectivity index (χ4v) is 3.57. The fraction of sp³-hybridized carbons (Fsp3) is 0.688. The first kappa shape index (κ1) is 13.9. The third-order valence-electron chi connectivity index (χ3n) is 5.14. The molecule has 1 saturated heterocycles. The van der Waals surface area contributed by atoms with Crippen molar-refractivity contribution in [2.45, 2.75) is 38.6 Å². The van der Waals surface area contributed by atoms with E-state index in [-0.39, 0.29) is 0 Å². The summed E-state index contributed by atoms with van der Waals surface area (Å²) in [5.41, 5.74) is 0.800. The molecular weight excluding hydrogens is 276 g/mol. The molecule has 1 aliphatic heterocycles. The van der Waals surface area contributed by atoms with Crippen LogP contribution in [0.1, 0.15) is 32.6 Å². The Balaban J connectivity index is 1.25. The van der Waals surface area contributed by atoms with Gasteiger partial charge in [-0.05, 0) is 43.7 Å². The monoisotopic (exact) mass is 300 g/mol. The lowest BCUT2D eigenvalue weighted by molar-refractivity contribution is 0.282. The number of aromatic nitrogens is 4. The SMILES string of the molecule is CC1CCC(NCC2CN(c3ccc4nncn4n3)C2)CC1. The van der Waals surface area contributed by atoms with E-state index in [2.05, 4.69) is 32.4 Å². The highest BCUT2D eigenvalue weighted by Crippen LogP contribution is 2.25. The molecule has 22 heavy (non-hydrogen) atoms. The molecule has 2 aromatic heterocycles. The molecule has 4 rings (SSSR count). The summed E-state index contributed by atoms with van der Waals surface area (Å²) < 4.78 is 1.74. The van der Waals surface area contributed by atoms with Gasteiger partial charge in [-0.15, -0.1) is 15.3 Å². The molecule has 2 aliphatic rings. The summed E-state index contributed by atoms with van der Waals surface area (Å²) in [4.78, 5) is 2.33. The first-order valence-electron chi connectivity index (χ1n) is 8.43. The molecule has 0 aromatic carbocycles. The molecule has 3 heterocycles. The Morgan fingerprint density at radius 2 is 2.00 bits per heavy atom. The maximum absolute atomic E-state index is 4.55. The predicted molar refractivity (Wildman–Crippen MR) is 85.9 cm³/mol. The standard InChI is InChI=1S/C16H24N6/c1-12-2-4-14(5-3-12)17-8-13-9-21(10-13)16-7-6-15-19-18-11-22(15)20-16/h6-7,11-14,17H,2-5,8-10H2,1H3. The zero-order valence-electron chi connectivity index (χ0n) is 13.1. The van der Waals surface area contributed by atoms with Crippen molar-refractivity contribution in [3.8, 4) is 0 Å². The van der Waals surface area contributed by atoms with Crippen molar-refractivity contribution in [2.24, 2.45) is 11.8 Å². The number of fused-ring (bicyclic) bond motifs is 1.